The maximum absolute atomic E-state index is 12.0. The van der Waals surface area contributed by atoms with Gasteiger partial charge in [-0.1, -0.05) is 29.3 Å². The van der Waals surface area contributed by atoms with Crippen LogP contribution in [0.4, 0.5) is 4.79 Å². The summed E-state index contributed by atoms with van der Waals surface area (Å²) < 4.78 is 0. The molecular formula is C12H11Cl3N2O2S. The van der Waals surface area contributed by atoms with Gasteiger partial charge < -0.3 is 5.73 Å². The molecule has 108 valence electrons. The van der Waals surface area contributed by atoms with Gasteiger partial charge in [0.05, 0.1) is 4.91 Å². The number of halogens is 3. The Hall–Kier alpha value is -0.720. The second-order valence-electron chi connectivity index (χ2n) is 3.79. The Morgan fingerprint density at radius 2 is 2.00 bits per heavy atom. The topological polar surface area (TPSA) is 63.4 Å². The number of hydrogen-bond donors (Lipinski definition) is 1. The van der Waals surface area contributed by atoms with E-state index in [2.05, 4.69) is 0 Å². The molecule has 2 rings (SSSR count). The van der Waals surface area contributed by atoms with Gasteiger partial charge in [0.25, 0.3) is 11.1 Å². The molecule has 0 unspecified atom stereocenters. The second-order valence-corrected chi connectivity index (χ2v) is 5.62. The molecule has 8 heteroatoms. The number of thioether (sulfide) groups is 1. The van der Waals surface area contributed by atoms with Crippen LogP contribution in [0.2, 0.25) is 10.0 Å². The smallest absolute Gasteiger partial charge is 0.293 e. The third kappa shape index (κ3) is 3.68. The van der Waals surface area contributed by atoms with Crippen LogP contribution < -0.4 is 5.73 Å². The van der Waals surface area contributed by atoms with Crippen molar-refractivity contribution < 1.29 is 9.59 Å². The minimum absolute atomic E-state index is 0. The zero-order valence-corrected chi connectivity index (χ0v) is 13.3. The lowest BCUT2D eigenvalue weighted by Gasteiger charge is -2.09. The quantitative estimate of drug-likeness (QED) is 0.846. The normalized spacial score (nSPS) is 16.8. The Morgan fingerprint density at radius 1 is 1.30 bits per heavy atom. The Kier molecular flexibility index (Phi) is 6.36. The van der Waals surface area contributed by atoms with E-state index >= 15 is 0 Å². The molecule has 20 heavy (non-hydrogen) atoms. The van der Waals surface area contributed by atoms with Gasteiger partial charge in [-0.2, -0.15) is 0 Å². The van der Waals surface area contributed by atoms with E-state index in [-0.39, 0.29) is 36.6 Å². The molecule has 0 radical (unpaired) electrons. The summed E-state index contributed by atoms with van der Waals surface area (Å²) in [4.78, 5) is 25.1. The van der Waals surface area contributed by atoms with Gasteiger partial charge in [0.2, 0.25) is 0 Å². The van der Waals surface area contributed by atoms with Gasteiger partial charge >= 0.3 is 0 Å². The van der Waals surface area contributed by atoms with Crippen LogP contribution in [0.1, 0.15) is 5.56 Å². The molecule has 0 atom stereocenters. The molecule has 2 amide bonds. The number of imide groups is 1. The summed E-state index contributed by atoms with van der Waals surface area (Å²) in [6.45, 7) is 0.462. The van der Waals surface area contributed by atoms with Crippen LogP contribution in [0.3, 0.4) is 0 Å². The lowest BCUT2D eigenvalue weighted by Crippen LogP contribution is -2.33. The fourth-order valence-corrected chi connectivity index (χ4v) is 2.90. The van der Waals surface area contributed by atoms with E-state index in [4.69, 9.17) is 28.9 Å². The van der Waals surface area contributed by atoms with Crippen molar-refractivity contribution in [1.29, 1.82) is 0 Å². The van der Waals surface area contributed by atoms with Crippen molar-refractivity contribution in [2.75, 3.05) is 13.1 Å². The van der Waals surface area contributed by atoms with Crippen LogP contribution >= 0.6 is 47.4 Å². The van der Waals surface area contributed by atoms with Gasteiger partial charge in [-0.15, -0.1) is 12.4 Å². The highest BCUT2D eigenvalue weighted by atomic mass is 35.5. The van der Waals surface area contributed by atoms with E-state index in [1.54, 1.807) is 24.3 Å². The van der Waals surface area contributed by atoms with Crippen LogP contribution in [0, 0.1) is 0 Å². The van der Waals surface area contributed by atoms with Crippen LogP contribution in [-0.4, -0.2) is 29.1 Å². The molecule has 1 heterocycles. The third-order valence-electron chi connectivity index (χ3n) is 2.48. The number of nitrogens with zero attached hydrogens (tertiary/aromatic N) is 1. The molecule has 0 aromatic heterocycles. The summed E-state index contributed by atoms with van der Waals surface area (Å²) in [6, 6.07) is 4.95. The zero-order chi connectivity index (χ0) is 14.0. The van der Waals surface area contributed by atoms with Crippen molar-refractivity contribution in [2.45, 2.75) is 0 Å². The number of benzene rings is 1. The summed E-state index contributed by atoms with van der Waals surface area (Å²) in [5, 5.41) is 0.628. The van der Waals surface area contributed by atoms with E-state index in [1.165, 1.54) is 0 Å². The summed E-state index contributed by atoms with van der Waals surface area (Å²) in [5.41, 5.74) is 6.00. The first kappa shape index (κ1) is 17.3. The summed E-state index contributed by atoms with van der Waals surface area (Å²) >= 11 is 12.7. The van der Waals surface area contributed by atoms with Crippen LogP contribution in [0.15, 0.2) is 23.1 Å². The molecule has 4 nitrogen and oxygen atoms in total. The Balaban J connectivity index is 0.00000200. The van der Waals surface area contributed by atoms with E-state index in [0.29, 0.717) is 20.5 Å². The minimum Gasteiger partial charge on any atom is -0.329 e. The average molecular weight is 354 g/mol. The third-order valence-corrected chi connectivity index (χ3v) is 3.95. The SMILES string of the molecule is Cl.NCCN1C(=O)SC(=Cc2ccc(Cl)cc2Cl)C1=O. The molecular weight excluding hydrogens is 343 g/mol. The fourth-order valence-electron chi connectivity index (χ4n) is 1.58. The number of amides is 2. The first-order chi connectivity index (χ1) is 9.02. The van der Waals surface area contributed by atoms with Crippen molar-refractivity contribution in [2.24, 2.45) is 5.73 Å². The number of rotatable bonds is 3. The molecule has 1 aromatic carbocycles. The van der Waals surface area contributed by atoms with Gasteiger partial charge in [-0.25, -0.2) is 0 Å². The van der Waals surface area contributed by atoms with Crippen LogP contribution in [0.5, 0.6) is 0 Å². The molecule has 0 bridgehead atoms. The standard InChI is InChI=1S/C12H10Cl2N2O2S.ClH/c13-8-2-1-7(9(14)6-8)5-10-11(17)16(4-3-15)12(18)19-10;/h1-2,5-6H,3-4,15H2;1H. The number of nitrogens with two attached hydrogens (primary N) is 1. The Bertz CT molecular complexity index is 578. The van der Waals surface area contributed by atoms with Crippen LogP contribution in [-0.2, 0) is 4.79 Å². The van der Waals surface area contributed by atoms with Crippen molar-refractivity contribution >= 4 is 64.6 Å². The van der Waals surface area contributed by atoms with Crippen molar-refractivity contribution in [3.63, 3.8) is 0 Å². The molecule has 1 aliphatic heterocycles. The number of hydrogen-bond acceptors (Lipinski definition) is 4. The Morgan fingerprint density at radius 3 is 2.60 bits per heavy atom. The van der Waals surface area contributed by atoms with E-state index in [9.17, 15) is 9.59 Å². The Labute approximate surface area is 136 Å². The maximum atomic E-state index is 12.0. The van der Waals surface area contributed by atoms with E-state index in [1.807, 2.05) is 0 Å². The molecule has 0 saturated carbocycles. The lowest BCUT2D eigenvalue weighted by atomic mass is 10.2. The summed E-state index contributed by atoms with van der Waals surface area (Å²) in [7, 11) is 0. The number of carbonyl (C=O) groups is 2. The van der Waals surface area contributed by atoms with Gasteiger partial charge in [0, 0.05) is 23.1 Å². The van der Waals surface area contributed by atoms with Crippen molar-refractivity contribution in [3.8, 4) is 0 Å². The molecule has 1 fully saturated rings. The predicted molar refractivity (Wildman–Crippen MR) is 85.4 cm³/mol. The first-order valence-electron chi connectivity index (χ1n) is 5.43. The second kappa shape index (κ2) is 7.33. The van der Waals surface area contributed by atoms with Gasteiger partial charge in [-0.3, -0.25) is 14.5 Å². The van der Waals surface area contributed by atoms with Crippen LogP contribution in [0.25, 0.3) is 6.08 Å². The largest absolute Gasteiger partial charge is 0.329 e. The average Bonchev–Trinajstić information content (AvgIpc) is 2.61. The highest BCUT2D eigenvalue weighted by molar-refractivity contribution is 8.18. The molecule has 1 aromatic rings. The van der Waals surface area contributed by atoms with E-state index < -0.39 is 0 Å². The molecule has 2 N–H and O–H groups in total. The molecule has 0 spiro atoms. The van der Waals surface area contributed by atoms with Gasteiger partial charge in [0.15, 0.2) is 0 Å². The predicted octanol–water partition coefficient (Wildman–Crippen LogP) is 3.41. The summed E-state index contributed by atoms with van der Waals surface area (Å²) in [6.07, 6.45) is 1.58. The molecule has 1 aliphatic rings. The molecule has 1 saturated heterocycles. The lowest BCUT2D eigenvalue weighted by molar-refractivity contribution is -0.122. The highest BCUT2D eigenvalue weighted by Gasteiger charge is 2.34. The monoisotopic (exact) mass is 352 g/mol. The maximum Gasteiger partial charge on any atom is 0.293 e. The fraction of sp³-hybridized carbons (Fsp3) is 0.167. The first-order valence-corrected chi connectivity index (χ1v) is 7.00. The molecule has 0 aliphatic carbocycles. The summed E-state index contributed by atoms with van der Waals surface area (Å²) in [5.74, 6) is -0.341. The minimum atomic E-state index is -0.341. The van der Waals surface area contributed by atoms with Gasteiger partial charge in [0.1, 0.15) is 0 Å². The highest BCUT2D eigenvalue weighted by Crippen LogP contribution is 2.33. The van der Waals surface area contributed by atoms with Crippen molar-refractivity contribution in [3.05, 3.63) is 38.7 Å². The number of carbonyl (C=O) groups excluding carboxylic acids is 2. The van der Waals surface area contributed by atoms with E-state index in [0.717, 1.165) is 16.7 Å². The van der Waals surface area contributed by atoms with Gasteiger partial charge in [-0.05, 0) is 35.5 Å². The zero-order valence-electron chi connectivity index (χ0n) is 10.1. The van der Waals surface area contributed by atoms with Crippen molar-refractivity contribution in [1.82, 2.24) is 4.90 Å².